The fourth-order valence-corrected chi connectivity index (χ4v) is 5.16. The number of ether oxygens (including phenoxy) is 1. The van der Waals surface area contributed by atoms with E-state index in [-0.39, 0.29) is 11.8 Å². The second-order valence-electron chi connectivity index (χ2n) is 8.14. The number of unbranched alkanes of at least 4 members (excludes halogenated alkanes) is 1. The zero-order valence-electron chi connectivity index (χ0n) is 18.9. The van der Waals surface area contributed by atoms with Gasteiger partial charge in [-0.15, -0.1) is 11.3 Å². The van der Waals surface area contributed by atoms with Gasteiger partial charge in [-0.2, -0.15) is 0 Å². The summed E-state index contributed by atoms with van der Waals surface area (Å²) in [5, 5.41) is 6.62. The van der Waals surface area contributed by atoms with Crippen molar-refractivity contribution in [2.75, 3.05) is 11.9 Å². The highest BCUT2D eigenvalue weighted by molar-refractivity contribution is 7.17. The molecule has 7 heteroatoms. The second kappa shape index (κ2) is 11.1. The SMILES string of the molecule is CCCCOc1ccc(C(=O)Nc2sc3c(c2C(=O)NCc2cccnc2)CCCC3)cc1. The standard InChI is InChI=1S/C26H29N3O3S/c1-2-3-15-32-20-12-10-19(11-13-20)24(30)29-26-23(21-8-4-5-9-22(21)33-26)25(31)28-17-18-7-6-14-27-16-18/h6-7,10-14,16H,2-5,8-9,15,17H2,1H3,(H,28,31)(H,29,30). The predicted molar refractivity (Wildman–Crippen MR) is 131 cm³/mol. The maximum atomic E-state index is 13.2. The monoisotopic (exact) mass is 463 g/mol. The molecule has 1 aromatic carbocycles. The van der Waals surface area contributed by atoms with Crippen LogP contribution in [-0.4, -0.2) is 23.4 Å². The van der Waals surface area contributed by atoms with Gasteiger partial charge >= 0.3 is 0 Å². The maximum Gasteiger partial charge on any atom is 0.256 e. The van der Waals surface area contributed by atoms with Gasteiger partial charge in [-0.05, 0) is 73.6 Å². The Kier molecular flexibility index (Phi) is 7.73. The second-order valence-corrected chi connectivity index (χ2v) is 9.24. The van der Waals surface area contributed by atoms with Crippen molar-refractivity contribution in [2.24, 2.45) is 0 Å². The van der Waals surface area contributed by atoms with E-state index in [0.717, 1.165) is 55.4 Å². The van der Waals surface area contributed by atoms with Crippen LogP contribution in [0.1, 0.15) is 69.3 Å². The minimum Gasteiger partial charge on any atom is -0.494 e. The van der Waals surface area contributed by atoms with E-state index in [1.165, 1.54) is 16.2 Å². The van der Waals surface area contributed by atoms with E-state index in [0.29, 0.717) is 29.3 Å². The molecule has 0 fully saturated rings. The van der Waals surface area contributed by atoms with E-state index in [1.54, 1.807) is 24.5 Å². The lowest BCUT2D eigenvalue weighted by Crippen LogP contribution is -2.25. The number of thiophene rings is 1. The molecule has 0 saturated carbocycles. The number of rotatable bonds is 9. The van der Waals surface area contributed by atoms with Crippen LogP contribution < -0.4 is 15.4 Å². The summed E-state index contributed by atoms with van der Waals surface area (Å²) in [6.07, 6.45) is 9.49. The number of amides is 2. The van der Waals surface area contributed by atoms with Crippen LogP contribution >= 0.6 is 11.3 Å². The molecule has 2 N–H and O–H groups in total. The average Bonchev–Trinajstić information content (AvgIpc) is 3.21. The van der Waals surface area contributed by atoms with Gasteiger partial charge in [0.2, 0.25) is 0 Å². The molecule has 2 amide bonds. The summed E-state index contributed by atoms with van der Waals surface area (Å²) in [6.45, 7) is 3.18. The molecule has 0 aliphatic heterocycles. The van der Waals surface area contributed by atoms with Gasteiger partial charge in [0.15, 0.2) is 0 Å². The maximum absolute atomic E-state index is 13.2. The first kappa shape index (κ1) is 23.0. The number of carbonyl (C=O) groups is 2. The van der Waals surface area contributed by atoms with Gasteiger partial charge in [0.25, 0.3) is 11.8 Å². The third kappa shape index (κ3) is 5.79. The first-order chi connectivity index (χ1) is 16.2. The molecule has 172 valence electrons. The molecule has 4 rings (SSSR count). The number of carbonyl (C=O) groups excluding carboxylic acids is 2. The Balaban J connectivity index is 1.49. The smallest absolute Gasteiger partial charge is 0.256 e. The quantitative estimate of drug-likeness (QED) is 0.417. The third-order valence-corrected chi connectivity index (χ3v) is 6.89. The predicted octanol–water partition coefficient (Wildman–Crippen LogP) is 5.38. The van der Waals surface area contributed by atoms with Crippen molar-refractivity contribution in [3.63, 3.8) is 0 Å². The summed E-state index contributed by atoms with van der Waals surface area (Å²) < 4.78 is 5.68. The molecule has 3 aromatic rings. The normalized spacial score (nSPS) is 12.6. The molecule has 2 aromatic heterocycles. The van der Waals surface area contributed by atoms with Crippen LogP contribution in [0.3, 0.4) is 0 Å². The van der Waals surface area contributed by atoms with E-state index in [1.807, 2.05) is 24.3 Å². The molecular formula is C26H29N3O3S. The molecule has 6 nitrogen and oxygen atoms in total. The van der Waals surface area contributed by atoms with Crippen molar-refractivity contribution in [1.82, 2.24) is 10.3 Å². The highest BCUT2D eigenvalue weighted by atomic mass is 32.1. The third-order valence-electron chi connectivity index (χ3n) is 5.68. The van der Waals surface area contributed by atoms with Gasteiger partial charge in [0.1, 0.15) is 10.8 Å². The van der Waals surface area contributed by atoms with Crippen molar-refractivity contribution in [3.05, 3.63) is 75.9 Å². The van der Waals surface area contributed by atoms with Gasteiger partial charge in [-0.25, -0.2) is 0 Å². The Bertz CT molecular complexity index is 1090. The minimum absolute atomic E-state index is 0.159. The molecule has 0 spiro atoms. The van der Waals surface area contributed by atoms with Crippen molar-refractivity contribution in [1.29, 1.82) is 0 Å². The van der Waals surface area contributed by atoms with Crippen LogP contribution in [0.5, 0.6) is 5.75 Å². The number of benzene rings is 1. The van der Waals surface area contributed by atoms with Crippen LogP contribution in [0.15, 0.2) is 48.8 Å². The number of fused-ring (bicyclic) bond motifs is 1. The van der Waals surface area contributed by atoms with E-state index in [4.69, 9.17) is 4.74 Å². The number of hydrogen-bond acceptors (Lipinski definition) is 5. The molecule has 1 aliphatic carbocycles. The number of aryl methyl sites for hydroxylation is 1. The largest absolute Gasteiger partial charge is 0.494 e. The molecular weight excluding hydrogens is 434 g/mol. The summed E-state index contributed by atoms with van der Waals surface area (Å²) in [4.78, 5) is 31.4. The van der Waals surface area contributed by atoms with Crippen LogP contribution in [0.25, 0.3) is 0 Å². The summed E-state index contributed by atoms with van der Waals surface area (Å²) >= 11 is 1.52. The highest BCUT2D eigenvalue weighted by Gasteiger charge is 2.26. The zero-order valence-corrected chi connectivity index (χ0v) is 19.7. The Morgan fingerprint density at radius 2 is 1.91 bits per heavy atom. The molecule has 0 unspecified atom stereocenters. The molecule has 0 radical (unpaired) electrons. The van der Waals surface area contributed by atoms with E-state index in [2.05, 4.69) is 22.5 Å². The molecule has 0 saturated heterocycles. The van der Waals surface area contributed by atoms with Crippen LogP contribution in [0.2, 0.25) is 0 Å². The fraction of sp³-hybridized carbons (Fsp3) is 0.346. The molecule has 1 aliphatic rings. The first-order valence-electron chi connectivity index (χ1n) is 11.5. The molecule has 0 atom stereocenters. The molecule has 2 heterocycles. The van der Waals surface area contributed by atoms with Crippen molar-refractivity contribution >= 4 is 28.2 Å². The Morgan fingerprint density at radius 3 is 2.67 bits per heavy atom. The fourth-order valence-electron chi connectivity index (χ4n) is 3.88. The van der Waals surface area contributed by atoms with Crippen molar-refractivity contribution in [2.45, 2.75) is 52.0 Å². The number of anilines is 1. The Morgan fingerprint density at radius 1 is 1.09 bits per heavy atom. The Hall–Kier alpha value is -3.19. The lowest BCUT2D eigenvalue weighted by Gasteiger charge is -2.13. The van der Waals surface area contributed by atoms with Crippen LogP contribution in [0.4, 0.5) is 5.00 Å². The Labute approximate surface area is 198 Å². The number of nitrogens with one attached hydrogen (secondary N) is 2. The summed E-state index contributed by atoms with van der Waals surface area (Å²) in [5.74, 6) is 0.366. The van der Waals surface area contributed by atoms with Crippen LogP contribution in [-0.2, 0) is 19.4 Å². The number of nitrogens with zero attached hydrogens (tertiary/aromatic N) is 1. The van der Waals surface area contributed by atoms with E-state index < -0.39 is 0 Å². The first-order valence-corrected chi connectivity index (χ1v) is 12.3. The van der Waals surface area contributed by atoms with Gasteiger partial charge < -0.3 is 15.4 Å². The topological polar surface area (TPSA) is 80.3 Å². The number of pyridine rings is 1. The zero-order chi connectivity index (χ0) is 23.0. The van der Waals surface area contributed by atoms with E-state index in [9.17, 15) is 9.59 Å². The lowest BCUT2D eigenvalue weighted by atomic mass is 9.95. The van der Waals surface area contributed by atoms with Gasteiger partial charge in [0, 0.05) is 29.4 Å². The van der Waals surface area contributed by atoms with Crippen molar-refractivity contribution in [3.8, 4) is 5.75 Å². The van der Waals surface area contributed by atoms with Gasteiger partial charge in [-0.3, -0.25) is 14.6 Å². The lowest BCUT2D eigenvalue weighted by molar-refractivity contribution is 0.0951. The molecule has 0 bridgehead atoms. The minimum atomic E-state index is -0.227. The summed E-state index contributed by atoms with van der Waals surface area (Å²) in [6, 6.07) is 10.9. The summed E-state index contributed by atoms with van der Waals surface area (Å²) in [7, 11) is 0. The summed E-state index contributed by atoms with van der Waals surface area (Å²) in [5.41, 5.74) is 3.14. The number of aromatic nitrogens is 1. The van der Waals surface area contributed by atoms with Gasteiger partial charge in [-0.1, -0.05) is 19.4 Å². The van der Waals surface area contributed by atoms with Crippen LogP contribution in [0, 0.1) is 0 Å². The highest BCUT2D eigenvalue weighted by Crippen LogP contribution is 2.38. The van der Waals surface area contributed by atoms with E-state index >= 15 is 0 Å². The number of hydrogen-bond donors (Lipinski definition) is 2. The van der Waals surface area contributed by atoms with Crippen molar-refractivity contribution < 1.29 is 14.3 Å². The molecule has 33 heavy (non-hydrogen) atoms. The average molecular weight is 464 g/mol. The van der Waals surface area contributed by atoms with Gasteiger partial charge in [0.05, 0.1) is 12.2 Å².